The van der Waals surface area contributed by atoms with Crippen LogP contribution in [0.2, 0.25) is 5.02 Å². The Morgan fingerprint density at radius 1 is 0.980 bits per heavy atom. The first kappa shape index (κ1) is 35.5. The van der Waals surface area contributed by atoms with E-state index in [9.17, 15) is 14.4 Å². The first-order valence-electron chi connectivity index (χ1n) is 17.8. The molecule has 10 nitrogen and oxygen atoms in total. The van der Waals surface area contributed by atoms with Gasteiger partial charge in [0.2, 0.25) is 5.85 Å². The highest BCUT2D eigenvalue weighted by Gasteiger charge is 2.54. The maximum Gasteiger partial charge on any atom is 0.308 e. The van der Waals surface area contributed by atoms with E-state index in [0.29, 0.717) is 61.7 Å². The van der Waals surface area contributed by atoms with Gasteiger partial charge in [-0.2, -0.15) is 0 Å². The van der Waals surface area contributed by atoms with Crippen molar-refractivity contribution in [2.24, 2.45) is 13.0 Å². The molecule has 11 heteroatoms. The highest BCUT2D eigenvalue weighted by atomic mass is 35.5. The van der Waals surface area contributed by atoms with Crippen LogP contribution in [0.3, 0.4) is 0 Å². The molecule has 0 radical (unpaired) electrons. The molecule has 1 aromatic heterocycles. The molecule has 3 aliphatic rings. The summed E-state index contributed by atoms with van der Waals surface area (Å²) in [6.45, 7) is 8.91. The maximum atomic E-state index is 14.9. The van der Waals surface area contributed by atoms with Gasteiger partial charge in [-0.1, -0.05) is 35.9 Å². The Labute approximate surface area is 294 Å². The molecule has 3 heterocycles. The van der Waals surface area contributed by atoms with Crippen molar-refractivity contribution < 1.29 is 28.6 Å². The largest absolute Gasteiger partial charge is 0.466 e. The molecule has 1 unspecified atom stereocenters. The second-order valence-electron chi connectivity index (χ2n) is 13.8. The van der Waals surface area contributed by atoms with Gasteiger partial charge < -0.3 is 24.1 Å². The maximum absolute atomic E-state index is 14.9. The molecule has 3 fully saturated rings. The van der Waals surface area contributed by atoms with Crippen LogP contribution in [-0.4, -0.2) is 89.0 Å². The molecular formula is C38H49ClN4O6. The lowest BCUT2D eigenvalue weighted by atomic mass is 9.87. The minimum absolute atomic E-state index is 0.0492. The van der Waals surface area contributed by atoms with Crippen LogP contribution in [0.4, 0.5) is 5.69 Å². The lowest BCUT2D eigenvalue weighted by molar-refractivity contribution is -0.274. The smallest absolute Gasteiger partial charge is 0.308 e. The van der Waals surface area contributed by atoms with Gasteiger partial charge in [0.05, 0.1) is 47.1 Å². The van der Waals surface area contributed by atoms with Crippen LogP contribution in [-0.2, 0) is 37.3 Å². The summed E-state index contributed by atoms with van der Waals surface area (Å²) in [5.41, 5.74) is 2.75. The van der Waals surface area contributed by atoms with E-state index < -0.39 is 5.85 Å². The summed E-state index contributed by atoms with van der Waals surface area (Å²) in [5.74, 6) is -1.86. The van der Waals surface area contributed by atoms with Crippen LogP contribution in [0.25, 0.3) is 10.9 Å². The number of amides is 1. The van der Waals surface area contributed by atoms with Gasteiger partial charge in [0.1, 0.15) is 0 Å². The fourth-order valence-electron chi connectivity index (χ4n) is 7.90. The number of nitrogens with zero attached hydrogens (tertiary/aromatic N) is 3. The van der Waals surface area contributed by atoms with Gasteiger partial charge in [0.15, 0.2) is 5.78 Å². The summed E-state index contributed by atoms with van der Waals surface area (Å²) in [4.78, 5) is 45.1. The number of likely N-dealkylation sites (tertiary alicyclic amines) is 1. The standard InChI is InChI=1S/C38H49ClN4O6/c1-5-47-37(46)28-13-15-29(16-14-28)49-38(42-18-8-9-19-42,43-22-25(2)48-26(3)23-43)35(44)21-27-12-17-33(32(39)20-27)40-36(45)31-24-41(4)34-11-7-6-10-30(31)34/h6-7,10-12,17,20,24-26,28-29H,5,8-9,13-16,18-19,21-23H2,1-4H3,(H,40,45)/t25-,26+,28-,29-,38?. The molecule has 2 aliphatic heterocycles. The predicted molar refractivity (Wildman–Crippen MR) is 190 cm³/mol. The molecule has 1 aliphatic carbocycles. The van der Waals surface area contributed by atoms with Gasteiger partial charge >= 0.3 is 5.97 Å². The van der Waals surface area contributed by atoms with E-state index in [1.807, 2.05) is 68.9 Å². The van der Waals surface area contributed by atoms with Crippen molar-refractivity contribution in [3.8, 4) is 0 Å². The number of nitrogens with one attached hydrogen (secondary N) is 1. The van der Waals surface area contributed by atoms with Crippen LogP contribution < -0.4 is 5.32 Å². The minimum atomic E-state index is -1.28. The SMILES string of the molecule is CCOC(=O)[C@H]1CC[C@H](OC(C(=O)Cc2ccc(NC(=O)c3cn(C)c4ccccc34)c(Cl)c2)(N2CCCC2)N2C[C@@H](C)O[C@@H](C)C2)CC1. The zero-order chi connectivity index (χ0) is 34.7. The van der Waals surface area contributed by atoms with Gasteiger partial charge in [-0.25, -0.2) is 0 Å². The molecule has 2 aromatic carbocycles. The number of halogens is 1. The zero-order valence-electron chi connectivity index (χ0n) is 29.1. The van der Waals surface area contributed by atoms with E-state index in [1.54, 1.807) is 12.1 Å². The van der Waals surface area contributed by atoms with Gasteiger partial charge in [-0.15, -0.1) is 0 Å². The summed E-state index contributed by atoms with van der Waals surface area (Å²) in [6.07, 6.45) is 6.27. The lowest BCUT2D eigenvalue weighted by Crippen LogP contribution is -2.71. The molecule has 3 atom stereocenters. The van der Waals surface area contributed by atoms with Crippen LogP contribution in [0.15, 0.2) is 48.7 Å². The number of ether oxygens (including phenoxy) is 3. The summed E-state index contributed by atoms with van der Waals surface area (Å²) < 4.78 is 20.5. The number of aromatic nitrogens is 1. The monoisotopic (exact) mass is 692 g/mol. The van der Waals surface area contributed by atoms with Gasteiger partial charge in [0.25, 0.3) is 5.91 Å². The molecule has 1 N–H and O–H groups in total. The van der Waals surface area contributed by atoms with Crippen molar-refractivity contribution in [2.45, 2.75) is 89.9 Å². The van der Waals surface area contributed by atoms with Gasteiger partial charge in [-0.05, 0) is 83.1 Å². The number of morpholine rings is 1. The molecule has 1 saturated carbocycles. The third kappa shape index (κ3) is 7.59. The molecule has 2 saturated heterocycles. The molecule has 3 aromatic rings. The zero-order valence-corrected chi connectivity index (χ0v) is 29.8. The average molecular weight is 693 g/mol. The Hall–Kier alpha value is -3.28. The number of fused-ring (bicyclic) bond motifs is 1. The van der Waals surface area contributed by atoms with E-state index in [1.165, 1.54) is 0 Å². The third-order valence-corrected chi connectivity index (χ3v) is 10.5. The van der Waals surface area contributed by atoms with E-state index in [0.717, 1.165) is 42.4 Å². The van der Waals surface area contributed by atoms with E-state index in [-0.39, 0.29) is 48.3 Å². The number of esters is 1. The molecule has 1 amide bonds. The molecule has 0 spiro atoms. The number of Topliss-reactive ketones (excluding diaryl/α,β-unsaturated/α-hetero) is 1. The first-order chi connectivity index (χ1) is 23.6. The molecule has 264 valence electrons. The summed E-state index contributed by atoms with van der Waals surface area (Å²) in [7, 11) is 1.91. The van der Waals surface area contributed by atoms with Crippen molar-refractivity contribution >= 4 is 45.9 Å². The number of carbonyl (C=O) groups is 3. The normalized spacial score (nSPS) is 24.8. The Kier molecular flexibility index (Phi) is 11.1. The number of hydrogen-bond donors (Lipinski definition) is 1. The Morgan fingerprint density at radius 3 is 2.35 bits per heavy atom. The molecule has 0 bridgehead atoms. The summed E-state index contributed by atoms with van der Waals surface area (Å²) >= 11 is 6.78. The van der Waals surface area contributed by atoms with E-state index in [2.05, 4.69) is 15.1 Å². The number of benzene rings is 2. The summed E-state index contributed by atoms with van der Waals surface area (Å²) in [5, 5.41) is 4.19. The number of aryl methyl sites for hydroxylation is 1. The fourth-order valence-corrected chi connectivity index (χ4v) is 8.16. The molecular weight excluding hydrogens is 644 g/mol. The number of anilines is 1. The van der Waals surface area contributed by atoms with Crippen LogP contribution in [0.5, 0.6) is 0 Å². The highest BCUT2D eigenvalue weighted by molar-refractivity contribution is 6.34. The van der Waals surface area contributed by atoms with Crippen LogP contribution in [0, 0.1) is 5.92 Å². The Bertz CT molecular complexity index is 1650. The topological polar surface area (TPSA) is 102 Å². The van der Waals surface area contributed by atoms with E-state index >= 15 is 0 Å². The predicted octanol–water partition coefficient (Wildman–Crippen LogP) is 6.19. The van der Waals surface area contributed by atoms with Crippen molar-refractivity contribution in [2.75, 3.05) is 38.1 Å². The summed E-state index contributed by atoms with van der Waals surface area (Å²) in [6, 6.07) is 13.1. The molecule has 49 heavy (non-hydrogen) atoms. The first-order valence-corrected chi connectivity index (χ1v) is 18.1. The van der Waals surface area contributed by atoms with Crippen molar-refractivity contribution in [3.05, 3.63) is 64.8 Å². The quantitative estimate of drug-likeness (QED) is 0.238. The number of carbonyl (C=O) groups excluding carboxylic acids is 3. The second-order valence-corrected chi connectivity index (χ2v) is 14.3. The van der Waals surface area contributed by atoms with E-state index in [4.69, 9.17) is 25.8 Å². The second kappa shape index (κ2) is 15.3. The van der Waals surface area contributed by atoms with Crippen molar-refractivity contribution in [3.63, 3.8) is 0 Å². The van der Waals surface area contributed by atoms with Crippen LogP contribution in [0.1, 0.15) is 75.2 Å². The van der Waals surface area contributed by atoms with Gasteiger partial charge in [-0.3, -0.25) is 24.2 Å². The fraction of sp³-hybridized carbons (Fsp3) is 0.553. The van der Waals surface area contributed by atoms with Crippen molar-refractivity contribution in [1.82, 2.24) is 14.4 Å². The highest BCUT2D eigenvalue weighted by Crippen LogP contribution is 2.38. The lowest BCUT2D eigenvalue weighted by Gasteiger charge is -2.52. The van der Waals surface area contributed by atoms with Gasteiger partial charge in [0, 0.05) is 56.7 Å². The minimum Gasteiger partial charge on any atom is -0.466 e. The van der Waals surface area contributed by atoms with Crippen LogP contribution >= 0.6 is 11.6 Å². The number of rotatable bonds is 11. The van der Waals surface area contributed by atoms with Crippen molar-refractivity contribution in [1.29, 1.82) is 0 Å². The average Bonchev–Trinajstić information content (AvgIpc) is 3.74. The Morgan fingerprint density at radius 2 is 1.67 bits per heavy atom. The third-order valence-electron chi connectivity index (χ3n) is 10.2. The Balaban J connectivity index is 1.25. The number of hydrogen-bond acceptors (Lipinski definition) is 8. The number of para-hydroxylation sites is 1. The number of ketones is 1. The molecule has 6 rings (SSSR count).